The van der Waals surface area contributed by atoms with Crippen LogP contribution in [0.5, 0.6) is 0 Å². The first kappa shape index (κ1) is 15.8. The Labute approximate surface area is 107 Å². The van der Waals surface area contributed by atoms with Gasteiger partial charge in [0.1, 0.15) is 0 Å². The van der Waals surface area contributed by atoms with Gasteiger partial charge >= 0.3 is 64.4 Å². The number of hydrogen-bond acceptors (Lipinski definition) is 5. The fourth-order valence-corrected chi connectivity index (χ4v) is 0.890. The largest absolute Gasteiger partial charge is 2.00 e. The topological polar surface area (TPSA) is 150 Å². The van der Waals surface area contributed by atoms with E-state index >= 15 is 0 Å². The first-order chi connectivity index (χ1) is 5.10. The Morgan fingerprint density at radius 2 is 1.23 bits per heavy atom. The van der Waals surface area contributed by atoms with Crippen molar-refractivity contribution in [2.75, 3.05) is 0 Å². The standard InChI is InChI=1S/CH4N2O7S2.Ca.2H/c4-1(2-11(5,6)7)3-12(8,9)10;;;/h(H2,2,3,4)(H,5,6,7)(H,8,9,10);;;/q;+2;2*-1. The molecule has 4 N–H and O–H groups in total. The molecule has 0 aromatic carbocycles. The Kier molecular flexibility index (Phi) is 6.43. The van der Waals surface area contributed by atoms with Crippen LogP contribution in [-0.4, -0.2) is 69.7 Å². The van der Waals surface area contributed by atoms with Crippen molar-refractivity contribution in [3.05, 3.63) is 0 Å². The Hall–Kier alpha value is 0.350. The monoisotopic (exact) mass is 262 g/mol. The molecule has 0 aliphatic heterocycles. The number of carbonyl (C=O) groups is 1. The van der Waals surface area contributed by atoms with Crippen LogP contribution in [0, 0.1) is 0 Å². The Bertz CT molecular complexity index is 340. The van der Waals surface area contributed by atoms with Gasteiger partial charge in [-0.2, -0.15) is 16.8 Å². The van der Waals surface area contributed by atoms with Crippen LogP contribution in [0.15, 0.2) is 0 Å². The quantitative estimate of drug-likeness (QED) is 0.324. The zero-order chi connectivity index (χ0) is 9.99. The summed E-state index contributed by atoms with van der Waals surface area (Å²) in [5.74, 6) is 0. The number of urea groups is 1. The molecule has 0 rings (SSSR count). The van der Waals surface area contributed by atoms with Crippen molar-refractivity contribution in [2.24, 2.45) is 0 Å². The van der Waals surface area contributed by atoms with Crippen LogP contribution in [0.4, 0.5) is 4.79 Å². The van der Waals surface area contributed by atoms with Crippen molar-refractivity contribution < 1.29 is 33.6 Å². The van der Waals surface area contributed by atoms with E-state index in [4.69, 9.17) is 9.11 Å². The van der Waals surface area contributed by atoms with Crippen molar-refractivity contribution in [1.29, 1.82) is 0 Å². The van der Waals surface area contributed by atoms with Crippen molar-refractivity contribution in [2.45, 2.75) is 0 Å². The maximum Gasteiger partial charge on any atom is 2.00 e. The van der Waals surface area contributed by atoms with Crippen LogP contribution < -0.4 is 9.44 Å². The minimum Gasteiger partial charge on any atom is -1.00 e. The molecule has 0 fully saturated rings. The van der Waals surface area contributed by atoms with Gasteiger partial charge < -0.3 is 2.85 Å². The first-order valence-electron chi connectivity index (χ1n) is 2.14. The number of rotatable bonds is 2. The Balaban J connectivity index is -0.000000202. The van der Waals surface area contributed by atoms with Crippen LogP contribution in [-0.2, 0) is 20.6 Å². The van der Waals surface area contributed by atoms with E-state index in [2.05, 4.69) is 0 Å². The van der Waals surface area contributed by atoms with Gasteiger partial charge in [-0.15, -0.1) is 0 Å². The fraction of sp³-hybridized carbons (Fsp3) is 0. The minimum atomic E-state index is -4.83. The third-order valence-corrected chi connectivity index (χ3v) is 1.33. The normalized spacial score (nSPS) is 11.2. The molecule has 0 aromatic heterocycles. The Morgan fingerprint density at radius 1 is 1.00 bits per heavy atom. The second-order valence-electron chi connectivity index (χ2n) is 1.48. The van der Waals surface area contributed by atoms with Gasteiger partial charge in [-0.25, -0.2) is 14.2 Å². The molecule has 0 radical (unpaired) electrons. The first-order valence-corrected chi connectivity index (χ1v) is 5.02. The van der Waals surface area contributed by atoms with E-state index in [1.807, 2.05) is 0 Å². The maximum absolute atomic E-state index is 10.2. The molecular formula is CH6CaN2O7S2. The van der Waals surface area contributed by atoms with E-state index in [1.165, 1.54) is 0 Å². The fourth-order valence-electron chi connectivity index (χ4n) is 0.255. The minimum absolute atomic E-state index is 0. The maximum atomic E-state index is 10.2. The zero-order valence-corrected chi connectivity index (χ0v) is 9.80. The second kappa shape index (κ2) is 5.28. The van der Waals surface area contributed by atoms with E-state index in [0.29, 0.717) is 0 Å². The summed E-state index contributed by atoms with van der Waals surface area (Å²) in [6.45, 7) is 0. The van der Waals surface area contributed by atoms with Gasteiger partial charge in [0, 0.05) is 0 Å². The third kappa shape index (κ3) is 12.3. The van der Waals surface area contributed by atoms with Crippen molar-refractivity contribution in [3.63, 3.8) is 0 Å². The molecule has 0 aliphatic rings. The number of amides is 2. The molecule has 0 unspecified atom stereocenters. The molecule has 0 aliphatic carbocycles. The van der Waals surface area contributed by atoms with E-state index in [1.54, 1.807) is 0 Å². The van der Waals surface area contributed by atoms with Gasteiger partial charge in [0.2, 0.25) is 0 Å². The summed E-state index contributed by atoms with van der Waals surface area (Å²) in [7, 11) is -9.67. The molecule has 76 valence electrons. The van der Waals surface area contributed by atoms with E-state index < -0.39 is 26.6 Å². The van der Waals surface area contributed by atoms with Crippen LogP contribution in [0.1, 0.15) is 2.85 Å². The molecule has 2 amide bonds. The SMILES string of the molecule is O=C(NS(=O)(=O)O)NS(=O)(=O)O.[Ca+2].[H-].[H-]. The van der Waals surface area contributed by atoms with Gasteiger partial charge in [-0.05, 0) is 0 Å². The summed E-state index contributed by atoms with van der Waals surface area (Å²) in [6, 6.07) is -1.79. The van der Waals surface area contributed by atoms with Crippen LogP contribution >= 0.6 is 0 Å². The van der Waals surface area contributed by atoms with Gasteiger partial charge in [-0.1, -0.05) is 0 Å². The zero-order valence-electron chi connectivity index (χ0n) is 7.96. The predicted octanol–water partition coefficient (Wildman–Crippen LogP) is -2.26. The number of carbonyl (C=O) groups excluding carboxylic acids is 1. The summed E-state index contributed by atoms with van der Waals surface area (Å²) < 4.78 is 56.8. The third-order valence-electron chi connectivity index (χ3n) is 0.443. The predicted molar refractivity (Wildman–Crippen MR) is 42.7 cm³/mol. The molecule has 13 heavy (non-hydrogen) atoms. The summed E-state index contributed by atoms with van der Waals surface area (Å²) in [5, 5.41) is 0. The number of hydrogen-bond donors (Lipinski definition) is 4. The molecule has 0 heterocycles. The molecule has 0 saturated heterocycles. The van der Waals surface area contributed by atoms with Crippen LogP contribution in [0.2, 0.25) is 0 Å². The molecule has 9 nitrogen and oxygen atoms in total. The molecule has 0 atom stereocenters. The van der Waals surface area contributed by atoms with Crippen molar-refractivity contribution in [1.82, 2.24) is 9.44 Å². The van der Waals surface area contributed by atoms with Gasteiger partial charge in [0.05, 0.1) is 0 Å². The summed E-state index contributed by atoms with van der Waals surface area (Å²) in [6.07, 6.45) is 0. The molecular weight excluding hydrogens is 256 g/mol. The second-order valence-corrected chi connectivity index (χ2v) is 3.79. The average Bonchev–Trinajstić information content (AvgIpc) is 1.49. The van der Waals surface area contributed by atoms with E-state index in [-0.39, 0.29) is 40.6 Å². The van der Waals surface area contributed by atoms with Gasteiger partial charge in [0.15, 0.2) is 0 Å². The molecule has 12 heteroatoms. The van der Waals surface area contributed by atoms with Crippen molar-refractivity contribution >= 4 is 64.4 Å². The smallest absolute Gasteiger partial charge is 1.00 e. The molecule has 0 aromatic rings. The summed E-state index contributed by atoms with van der Waals surface area (Å²) >= 11 is 0. The van der Waals surface area contributed by atoms with Gasteiger partial charge in [-0.3, -0.25) is 9.11 Å². The summed E-state index contributed by atoms with van der Waals surface area (Å²) in [5.41, 5.74) is 0. The molecule has 0 saturated carbocycles. The average molecular weight is 262 g/mol. The van der Waals surface area contributed by atoms with Crippen LogP contribution in [0.3, 0.4) is 0 Å². The molecule has 0 bridgehead atoms. The van der Waals surface area contributed by atoms with E-state index in [9.17, 15) is 21.6 Å². The summed E-state index contributed by atoms with van der Waals surface area (Å²) in [4.78, 5) is 10.2. The van der Waals surface area contributed by atoms with Crippen LogP contribution in [0.25, 0.3) is 0 Å². The van der Waals surface area contributed by atoms with E-state index in [0.717, 1.165) is 9.44 Å². The Morgan fingerprint density at radius 3 is 1.38 bits per heavy atom. The van der Waals surface area contributed by atoms with Gasteiger partial charge in [0.25, 0.3) is 0 Å². The number of nitrogens with one attached hydrogen (secondary N) is 2. The van der Waals surface area contributed by atoms with Crippen molar-refractivity contribution in [3.8, 4) is 0 Å². The molecule has 0 spiro atoms.